The summed E-state index contributed by atoms with van der Waals surface area (Å²) in [7, 11) is 0. The predicted octanol–water partition coefficient (Wildman–Crippen LogP) is 2.65. The molecule has 0 bridgehead atoms. The second kappa shape index (κ2) is 7.31. The highest BCUT2D eigenvalue weighted by atomic mass is 32.2. The van der Waals surface area contributed by atoms with Gasteiger partial charge in [-0.15, -0.1) is 0 Å². The summed E-state index contributed by atoms with van der Waals surface area (Å²) in [6, 6.07) is 4.62. The smallest absolute Gasteiger partial charge is 0.292 e. The number of carbonyl (C=O) groups excluding carboxylic acids is 1. The van der Waals surface area contributed by atoms with E-state index < -0.39 is 4.92 Å². The Labute approximate surface area is 127 Å². The minimum Gasteiger partial charge on any atom is -0.380 e. The third kappa shape index (κ3) is 4.10. The summed E-state index contributed by atoms with van der Waals surface area (Å²) < 4.78 is 0. The van der Waals surface area contributed by atoms with E-state index in [2.05, 4.69) is 10.6 Å². The zero-order valence-corrected chi connectivity index (χ0v) is 12.7. The summed E-state index contributed by atoms with van der Waals surface area (Å²) in [6.45, 7) is 2.42. The van der Waals surface area contributed by atoms with E-state index in [-0.39, 0.29) is 17.6 Å². The molecule has 6 nitrogen and oxygen atoms in total. The van der Waals surface area contributed by atoms with E-state index in [1.807, 2.05) is 18.7 Å². The molecular weight excluding hydrogens is 290 g/mol. The average Bonchev–Trinajstić information content (AvgIpc) is 2.48. The summed E-state index contributed by atoms with van der Waals surface area (Å²) in [4.78, 5) is 22.7. The van der Waals surface area contributed by atoms with E-state index in [1.165, 1.54) is 12.1 Å². The van der Waals surface area contributed by atoms with Gasteiger partial charge in [-0.05, 0) is 37.7 Å². The second-order valence-corrected chi connectivity index (χ2v) is 6.06. The number of amides is 1. The highest BCUT2D eigenvalue weighted by Gasteiger charge is 2.19. The number of hydrogen-bond acceptors (Lipinski definition) is 5. The van der Waals surface area contributed by atoms with Gasteiger partial charge in [-0.1, -0.05) is 0 Å². The van der Waals surface area contributed by atoms with Crippen LogP contribution in [0.3, 0.4) is 0 Å². The van der Waals surface area contributed by atoms with E-state index in [0.717, 1.165) is 24.3 Å². The third-order valence-corrected chi connectivity index (χ3v) is 4.53. The minimum absolute atomic E-state index is 0.0124. The fraction of sp³-hybridized carbons (Fsp3) is 0.500. The van der Waals surface area contributed by atoms with Gasteiger partial charge >= 0.3 is 0 Å². The molecule has 1 aromatic carbocycles. The lowest BCUT2D eigenvalue weighted by molar-refractivity contribution is -0.384. The SMILES string of the molecule is CCNc1cc(C(=O)NC2CCCSC2)ccc1[N+](=O)[O-]. The lowest BCUT2D eigenvalue weighted by Crippen LogP contribution is -2.38. The molecule has 1 amide bonds. The molecule has 1 aliphatic rings. The largest absolute Gasteiger partial charge is 0.380 e. The molecule has 0 spiro atoms. The van der Waals surface area contributed by atoms with Crippen LogP contribution in [0.2, 0.25) is 0 Å². The number of nitrogens with zero attached hydrogens (tertiary/aromatic N) is 1. The van der Waals surface area contributed by atoms with Crippen LogP contribution in [-0.2, 0) is 0 Å². The van der Waals surface area contributed by atoms with Crippen molar-refractivity contribution >= 4 is 29.0 Å². The molecular formula is C14H19N3O3S. The van der Waals surface area contributed by atoms with Crippen molar-refractivity contribution in [1.29, 1.82) is 0 Å². The highest BCUT2D eigenvalue weighted by molar-refractivity contribution is 7.99. The fourth-order valence-electron chi connectivity index (χ4n) is 2.29. The molecule has 1 unspecified atom stereocenters. The van der Waals surface area contributed by atoms with Gasteiger partial charge in [0.05, 0.1) is 4.92 Å². The molecule has 0 aliphatic carbocycles. The Morgan fingerprint density at radius 2 is 2.33 bits per heavy atom. The molecule has 0 radical (unpaired) electrons. The van der Waals surface area contributed by atoms with Crippen molar-refractivity contribution in [1.82, 2.24) is 5.32 Å². The first-order chi connectivity index (χ1) is 10.1. The van der Waals surface area contributed by atoms with E-state index in [0.29, 0.717) is 17.8 Å². The van der Waals surface area contributed by atoms with Crippen molar-refractivity contribution in [3.8, 4) is 0 Å². The third-order valence-electron chi connectivity index (χ3n) is 3.32. The van der Waals surface area contributed by atoms with Crippen LogP contribution in [0, 0.1) is 10.1 Å². The van der Waals surface area contributed by atoms with Gasteiger partial charge in [-0.25, -0.2) is 0 Å². The zero-order chi connectivity index (χ0) is 15.2. The number of nitrogens with one attached hydrogen (secondary N) is 2. The molecule has 1 aromatic rings. The van der Waals surface area contributed by atoms with Gasteiger partial charge in [-0.2, -0.15) is 11.8 Å². The molecule has 1 fully saturated rings. The van der Waals surface area contributed by atoms with Crippen LogP contribution in [0.4, 0.5) is 11.4 Å². The number of anilines is 1. The maximum Gasteiger partial charge on any atom is 0.292 e. The van der Waals surface area contributed by atoms with Gasteiger partial charge in [0.1, 0.15) is 5.69 Å². The maximum atomic E-state index is 12.2. The lowest BCUT2D eigenvalue weighted by atomic mass is 10.1. The summed E-state index contributed by atoms with van der Waals surface area (Å²) in [5.41, 5.74) is 0.821. The monoisotopic (exact) mass is 309 g/mol. The van der Waals surface area contributed by atoms with Crippen molar-refractivity contribution in [2.45, 2.75) is 25.8 Å². The van der Waals surface area contributed by atoms with Gasteiger partial charge in [-0.3, -0.25) is 14.9 Å². The molecule has 114 valence electrons. The van der Waals surface area contributed by atoms with Crippen LogP contribution in [0.25, 0.3) is 0 Å². The molecule has 2 N–H and O–H groups in total. The standard InChI is InChI=1S/C14H19N3O3S/c1-2-15-12-8-10(5-6-13(12)17(19)20)14(18)16-11-4-3-7-21-9-11/h5-6,8,11,15H,2-4,7,9H2,1H3,(H,16,18). The molecule has 0 saturated carbocycles. The number of carbonyl (C=O) groups is 1. The zero-order valence-electron chi connectivity index (χ0n) is 11.9. The number of benzene rings is 1. The number of hydrogen-bond donors (Lipinski definition) is 2. The molecule has 21 heavy (non-hydrogen) atoms. The average molecular weight is 309 g/mol. The van der Waals surface area contributed by atoms with Crippen molar-refractivity contribution in [3.63, 3.8) is 0 Å². The molecule has 1 saturated heterocycles. The normalized spacial score (nSPS) is 18.0. The van der Waals surface area contributed by atoms with Crippen molar-refractivity contribution in [3.05, 3.63) is 33.9 Å². The van der Waals surface area contributed by atoms with E-state index in [9.17, 15) is 14.9 Å². The van der Waals surface area contributed by atoms with Crippen LogP contribution in [0.5, 0.6) is 0 Å². The van der Waals surface area contributed by atoms with Crippen molar-refractivity contribution in [2.75, 3.05) is 23.4 Å². The van der Waals surface area contributed by atoms with Gasteiger partial charge in [0, 0.05) is 30.0 Å². The maximum absolute atomic E-state index is 12.2. The minimum atomic E-state index is -0.447. The Kier molecular flexibility index (Phi) is 5.44. The van der Waals surface area contributed by atoms with E-state index in [4.69, 9.17) is 0 Å². The van der Waals surface area contributed by atoms with Gasteiger partial charge in [0.15, 0.2) is 0 Å². The molecule has 7 heteroatoms. The quantitative estimate of drug-likeness (QED) is 0.645. The summed E-state index contributed by atoms with van der Waals surface area (Å²) in [5.74, 6) is 1.91. The highest BCUT2D eigenvalue weighted by Crippen LogP contribution is 2.25. The molecule has 1 aliphatic heterocycles. The Balaban J connectivity index is 2.13. The molecule has 1 atom stereocenters. The van der Waals surface area contributed by atoms with Crippen LogP contribution in [0.1, 0.15) is 30.1 Å². The lowest BCUT2D eigenvalue weighted by Gasteiger charge is -2.22. The Morgan fingerprint density at radius 3 is 2.95 bits per heavy atom. The fourth-order valence-corrected chi connectivity index (χ4v) is 3.36. The Hall–Kier alpha value is -1.76. The van der Waals surface area contributed by atoms with Crippen molar-refractivity contribution < 1.29 is 9.72 Å². The summed E-state index contributed by atoms with van der Waals surface area (Å²) in [6.07, 6.45) is 2.10. The van der Waals surface area contributed by atoms with Crippen LogP contribution < -0.4 is 10.6 Å². The van der Waals surface area contributed by atoms with Gasteiger partial charge < -0.3 is 10.6 Å². The second-order valence-electron chi connectivity index (χ2n) is 4.91. The first-order valence-corrected chi connectivity index (χ1v) is 8.18. The van der Waals surface area contributed by atoms with Crippen LogP contribution in [0.15, 0.2) is 18.2 Å². The Bertz CT molecular complexity index is 530. The number of thioether (sulfide) groups is 1. The van der Waals surface area contributed by atoms with Crippen LogP contribution >= 0.6 is 11.8 Å². The molecule has 2 rings (SSSR count). The number of rotatable bonds is 5. The number of nitro groups is 1. The summed E-state index contributed by atoms with van der Waals surface area (Å²) in [5, 5.41) is 16.9. The first kappa shape index (κ1) is 15.6. The Morgan fingerprint density at radius 1 is 1.52 bits per heavy atom. The van der Waals surface area contributed by atoms with Gasteiger partial charge in [0.2, 0.25) is 0 Å². The predicted molar refractivity (Wildman–Crippen MR) is 85.1 cm³/mol. The summed E-state index contributed by atoms with van der Waals surface area (Å²) >= 11 is 1.84. The van der Waals surface area contributed by atoms with Gasteiger partial charge in [0.25, 0.3) is 11.6 Å². The van der Waals surface area contributed by atoms with Crippen molar-refractivity contribution in [2.24, 2.45) is 0 Å². The van der Waals surface area contributed by atoms with E-state index in [1.54, 1.807) is 6.07 Å². The van der Waals surface area contributed by atoms with E-state index >= 15 is 0 Å². The molecule has 0 aromatic heterocycles. The first-order valence-electron chi connectivity index (χ1n) is 7.02. The van der Waals surface area contributed by atoms with Crippen LogP contribution in [-0.4, -0.2) is 34.9 Å². The molecule has 1 heterocycles. The topological polar surface area (TPSA) is 84.3 Å². The number of nitro benzene ring substituents is 1.